The molecule has 0 aromatic carbocycles. The zero-order chi connectivity index (χ0) is 5.70. The minimum absolute atomic E-state index is 0. The Hall–Kier alpha value is 0.430. The van der Waals surface area contributed by atoms with E-state index in [0.717, 1.165) is 0 Å². The first-order valence-corrected chi connectivity index (χ1v) is 2.10. The van der Waals surface area contributed by atoms with Gasteiger partial charge in [0.05, 0.1) is 0 Å². The number of hydrogen-bond donors (Lipinski definition) is 2. The summed E-state index contributed by atoms with van der Waals surface area (Å²) in [7, 11) is 0. The molecule has 45 valence electrons. The summed E-state index contributed by atoms with van der Waals surface area (Å²) < 4.78 is 0. The van der Waals surface area contributed by atoms with Crippen molar-refractivity contribution in [3.8, 4) is 0 Å². The summed E-state index contributed by atoms with van der Waals surface area (Å²) in [5.74, 6) is -0.853. The summed E-state index contributed by atoms with van der Waals surface area (Å²) in [6.07, 6.45) is 0.422. The molecule has 0 heterocycles. The van der Waals surface area contributed by atoms with Crippen LogP contribution in [-0.2, 0) is 4.79 Å². The Balaban J connectivity index is -0.000000180. The summed E-state index contributed by atoms with van der Waals surface area (Å²) in [6.45, 7) is -0.0354. The minimum Gasteiger partial charge on any atom is -0.481 e. The zero-order valence-electron chi connectivity index (χ0n) is 4.92. The number of carboxylic acids is 1. The SMILES string of the molecule is O=C(O)CCCO.[HH].[Na]. The summed E-state index contributed by atoms with van der Waals surface area (Å²) in [5.41, 5.74) is 0. The third kappa shape index (κ3) is 9.66. The van der Waals surface area contributed by atoms with Gasteiger partial charge in [0, 0.05) is 44.0 Å². The van der Waals surface area contributed by atoms with Crippen LogP contribution < -0.4 is 0 Å². The molecular weight excluding hydrogens is 119 g/mol. The van der Waals surface area contributed by atoms with Crippen molar-refractivity contribution in [3.63, 3.8) is 0 Å². The molecule has 0 spiro atoms. The Kier molecular flexibility index (Phi) is 10.5. The van der Waals surface area contributed by atoms with E-state index < -0.39 is 5.97 Å². The first-order chi connectivity index (χ1) is 3.27. The van der Waals surface area contributed by atoms with E-state index in [4.69, 9.17) is 10.2 Å². The molecule has 0 saturated carbocycles. The molecule has 0 fully saturated rings. The van der Waals surface area contributed by atoms with Crippen LogP contribution in [-0.4, -0.2) is 52.3 Å². The quantitative estimate of drug-likeness (QED) is 0.515. The number of hydrogen-bond acceptors (Lipinski definition) is 2. The molecule has 0 unspecified atom stereocenters. The summed E-state index contributed by atoms with van der Waals surface area (Å²) in [5, 5.41) is 16.0. The van der Waals surface area contributed by atoms with Gasteiger partial charge in [-0.05, 0) is 6.42 Å². The molecule has 8 heavy (non-hydrogen) atoms. The maximum Gasteiger partial charge on any atom is 0.303 e. The summed E-state index contributed by atoms with van der Waals surface area (Å²) in [6, 6.07) is 0. The molecule has 0 aromatic rings. The largest absolute Gasteiger partial charge is 0.481 e. The van der Waals surface area contributed by atoms with Crippen LogP contribution in [0.25, 0.3) is 0 Å². The summed E-state index contributed by atoms with van der Waals surface area (Å²) in [4.78, 5) is 9.65. The van der Waals surface area contributed by atoms with E-state index in [9.17, 15) is 4.79 Å². The van der Waals surface area contributed by atoms with Gasteiger partial charge < -0.3 is 10.2 Å². The molecule has 0 amide bonds. The second-order valence-corrected chi connectivity index (χ2v) is 1.22. The molecule has 4 heteroatoms. The Labute approximate surface area is 71.5 Å². The summed E-state index contributed by atoms with van der Waals surface area (Å²) >= 11 is 0. The fraction of sp³-hybridized carbons (Fsp3) is 0.750. The monoisotopic (exact) mass is 129 g/mol. The number of rotatable bonds is 3. The van der Waals surface area contributed by atoms with Crippen molar-refractivity contribution in [2.45, 2.75) is 12.8 Å². The molecule has 0 aromatic heterocycles. The van der Waals surface area contributed by atoms with Crippen molar-refractivity contribution in [3.05, 3.63) is 0 Å². The van der Waals surface area contributed by atoms with Gasteiger partial charge >= 0.3 is 5.97 Å². The van der Waals surface area contributed by atoms with E-state index in [2.05, 4.69) is 0 Å². The molecule has 0 aliphatic carbocycles. The van der Waals surface area contributed by atoms with Crippen LogP contribution >= 0.6 is 0 Å². The van der Waals surface area contributed by atoms with Crippen molar-refractivity contribution in [2.75, 3.05) is 6.61 Å². The predicted molar refractivity (Wildman–Crippen MR) is 31.8 cm³/mol. The van der Waals surface area contributed by atoms with Gasteiger partial charge in [0.1, 0.15) is 0 Å². The van der Waals surface area contributed by atoms with E-state index in [0.29, 0.717) is 6.42 Å². The van der Waals surface area contributed by atoms with E-state index in [1.807, 2.05) is 0 Å². The predicted octanol–water partition coefficient (Wildman–Crippen LogP) is -0.291. The molecule has 0 atom stereocenters. The van der Waals surface area contributed by atoms with E-state index >= 15 is 0 Å². The molecule has 0 aliphatic rings. The molecule has 1 radical (unpaired) electrons. The fourth-order valence-corrected chi connectivity index (χ4v) is 0.230. The number of carbonyl (C=O) groups is 1. The Bertz CT molecular complexity index is 68.8. The standard InChI is InChI=1S/C4H8O3.Na.H2/c5-3-1-2-4(6)7;;/h5H,1-3H2,(H,6,7);;1H. The van der Waals surface area contributed by atoms with Crippen LogP contribution in [0.5, 0.6) is 0 Å². The molecule has 0 aliphatic heterocycles. The topological polar surface area (TPSA) is 57.5 Å². The maximum atomic E-state index is 9.65. The Morgan fingerprint density at radius 3 is 2.25 bits per heavy atom. The normalized spacial score (nSPS) is 7.62. The van der Waals surface area contributed by atoms with Gasteiger partial charge in [-0.15, -0.1) is 0 Å². The average Bonchev–Trinajstić information content (AvgIpc) is 1.61. The number of aliphatic hydroxyl groups excluding tert-OH is 1. The zero-order valence-corrected chi connectivity index (χ0v) is 6.92. The smallest absolute Gasteiger partial charge is 0.303 e. The van der Waals surface area contributed by atoms with Crippen LogP contribution in [0.15, 0.2) is 0 Å². The third-order valence-electron chi connectivity index (χ3n) is 0.549. The Morgan fingerprint density at radius 2 is 2.12 bits per heavy atom. The van der Waals surface area contributed by atoms with Crippen molar-refractivity contribution in [1.29, 1.82) is 0 Å². The van der Waals surface area contributed by atoms with Crippen molar-refractivity contribution in [2.24, 2.45) is 0 Å². The first-order valence-electron chi connectivity index (χ1n) is 2.10. The van der Waals surface area contributed by atoms with Gasteiger partial charge in [0.15, 0.2) is 0 Å². The number of aliphatic carboxylic acids is 1. The van der Waals surface area contributed by atoms with Gasteiger partial charge in [0.2, 0.25) is 0 Å². The van der Waals surface area contributed by atoms with Gasteiger partial charge in [-0.3, -0.25) is 4.79 Å². The van der Waals surface area contributed by atoms with Gasteiger partial charge in [-0.2, -0.15) is 0 Å². The Morgan fingerprint density at radius 1 is 1.62 bits per heavy atom. The molecule has 3 nitrogen and oxygen atoms in total. The van der Waals surface area contributed by atoms with Crippen LogP contribution in [0.1, 0.15) is 14.3 Å². The van der Waals surface area contributed by atoms with Crippen LogP contribution in [0, 0.1) is 0 Å². The molecule has 2 N–H and O–H groups in total. The number of aliphatic hydroxyl groups is 1. The van der Waals surface area contributed by atoms with Gasteiger partial charge in [-0.25, -0.2) is 0 Å². The molecule has 0 saturated heterocycles. The molecule has 0 rings (SSSR count). The second-order valence-electron chi connectivity index (χ2n) is 1.22. The van der Waals surface area contributed by atoms with Crippen molar-refractivity contribution >= 4 is 35.5 Å². The first kappa shape index (κ1) is 11.3. The third-order valence-corrected chi connectivity index (χ3v) is 0.549. The van der Waals surface area contributed by atoms with Crippen LogP contribution in [0.3, 0.4) is 0 Å². The van der Waals surface area contributed by atoms with Gasteiger partial charge in [0.25, 0.3) is 0 Å². The fourth-order valence-electron chi connectivity index (χ4n) is 0.230. The van der Waals surface area contributed by atoms with Crippen LogP contribution in [0.4, 0.5) is 0 Å². The number of carboxylic acid groups (broad SMARTS) is 1. The molecule has 0 bridgehead atoms. The van der Waals surface area contributed by atoms with E-state index in [1.54, 1.807) is 0 Å². The maximum absolute atomic E-state index is 9.65. The average molecular weight is 129 g/mol. The molecular formula is C4H10NaO3. The second kappa shape index (κ2) is 7.43. The van der Waals surface area contributed by atoms with Crippen LogP contribution in [0.2, 0.25) is 0 Å². The van der Waals surface area contributed by atoms with E-state index in [-0.39, 0.29) is 44.0 Å². The minimum atomic E-state index is -0.853. The van der Waals surface area contributed by atoms with E-state index in [1.165, 1.54) is 0 Å². The van der Waals surface area contributed by atoms with Crippen molar-refractivity contribution < 1.29 is 16.4 Å². The van der Waals surface area contributed by atoms with Gasteiger partial charge in [-0.1, -0.05) is 0 Å². The van der Waals surface area contributed by atoms with Crippen molar-refractivity contribution in [1.82, 2.24) is 0 Å².